The summed E-state index contributed by atoms with van der Waals surface area (Å²) in [7, 11) is 3.84. The van der Waals surface area contributed by atoms with E-state index in [1.807, 2.05) is 78.5 Å². The van der Waals surface area contributed by atoms with Crippen molar-refractivity contribution in [2.24, 2.45) is 0 Å². The van der Waals surface area contributed by atoms with Gasteiger partial charge in [0.05, 0.1) is 18.0 Å². The van der Waals surface area contributed by atoms with Crippen molar-refractivity contribution in [2.75, 3.05) is 39.5 Å². The minimum absolute atomic E-state index is 0.126. The van der Waals surface area contributed by atoms with Gasteiger partial charge in [0, 0.05) is 24.8 Å². The second-order valence-electron chi connectivity index (χ2n) is 9.22. The highest BCUT2D eigenvalue weighted by Gasteiger charge is 2.27. The Bertz CT molecular complexity index is 1320. The van der Waals surface area contributed by atoms with Gasteiger partial charge in [-0.25, -0.2) is 9.97 Å². The van der Waals surface area contributed by atoms with E-state index in [1.165, 1.54) is 6.33 Å². The highest BCUT2D eigenvalue weighted by Crippen LogP contribution is 2.37. The van der Waals surface area contributed by atoms with E-state index in [0.717, 1.165) is 53.0 Å². The van der Waals surface area contributed by atoms with Gasteiger partial charge in [-0.2, -0.15) is 0 Å². The van der Waals surface area contributed by atoms with Crippen LogP contribution in [0.25, 0.3) is 22.2 Å². The Hall–Kier alpha value is -3.91. The van der Waals surface area contributed by atoms with Crippen LogP contribution in [0.15, 0.2) is 67.1 Å². The molecule has 0 aliphatic carbocycles. The third-order valence-corrected chi connectivity index (χ3v) is 6.38. The third kappa shape index (κ3) is 4.83. The zero-order chi connectivity index (χ0) is 24.4. The third-order valence-electron chi connectivity index (χ3n) is 6.38. The van der Waals surface area contributed by atoms with E-state index in [4.69, 9.17) is 10.5 Å². The molecule has 5 rings (SSSR count). The number of nitrogens with zero attached hydrogens (tertiary/aromatic N) is 5. The quantitative estimate of drug-likeness (QED) is 0.454. The maximum absolute atomic E-state index is 12.7. The summed E-state index contributed by atoms with van der Waals surface area (Å²) in [5.41, 5.74) is 9.12. The Morgan fingerprint density at radius 3 is 2.57 bits per heavy atom. The molecule has 4 aromatic rings. The average molecular weight is 471 g/mol. The van der Waals surface area contributed by atoms with Gasteiger partial charge >= 0.3 is 0 Å². The number of amides is 1. The minimum Gasteiger partial charge on any atom is -0.457 e. The summed E-state index contributed by atoms with van der Waals surface area (Å²) in [6.07, 6.45) is 5.54. The van der Waals surface area contributed by atoms with E-state index in [0.29, 0.717) is 18.9 Å². The summed E-state index contributed by atoms with van der Waals surface area (Å²) in [4.78, 5) is 25.4. The number of carbonyl (C=O) groups is 1. The molecule has 1 amide bonds. The molecule has 1 aliphatic rings. The molecule has 35 heavy (non-hydrogen) atoms. The summed E-state index contributed by atoms with van der Waals surface area (Å²) >= 11 is 0. The average Bonchev–Trinajstić information content (AvgIpc) is 3.26. The van der Waals surface area contributed by atoms with E-state index in [1.54, 1.807) is 0 Å². The molecule has 1 aliphatic heterocycles. The molecular weight excluding hydrogens is 440 g/mol. The highest BCUT2D eigenvalue weighted by molar-refractivity contribution is 6.00. The first kappa shape index (κ1) is 22.9. The number of piperidine rings is 1. The molecule has 1 saturated heterocycles. The lowest BCUT2D eigenvalue weighted by atomic mass is 10.1. The number of ether oxygens (including phenoxy) is 1. The molecule has 180 valence electrons. The highest BCUT2D eigenvalue weighted by atomic mass is 16.5. The molecule has 0 unspecified atom stereocenters. The van der Waals surface area contributed by atoms with Crippen molar-refractivity contribution in [3.63, 3.8) is 0 Å². The smallest absolute Gasteiger partial charge is 0.236 e. The molecule has 3 heterocycles. The molecule has 0 bridgehead atoms. The van der Waals surface area contributed by atoms with Gasteiger partial charge in [0.15, 0.2) is 0 Å². The summed E-state index contributed by atoms with van der Waals surface area (Å²) in [6, 6.07) is 17.8. The number of anilines is 1. The summed E-state index contributed by atoms with van der Waals surface area (Å²) in [5.74, 6) is 2.15. The zero-order valence-electron chi connectivity index (χ0n) is 20.1. The van der Waals surface area contributed by atoms with Crippen molar-refractivity contribution in [3.05, 3.63) is 67.1 Å². The number of likely N-dealkylation sites (N-methyl/N-ethyl adjacent to an activating group) is 1. The van der Waals surface area contributed by atoms with Crippen LogP contribution in [0.3, 0.4) is 0 Å². The van der Waals surface area contributed by atoms with E-state index in [2.05, 4.69) is 20.7 Å². The van der Waals surface area contributed by atoms with Crippen molar-refractivity contribution in [3.8, 4) is 22.6 Å². The minimum atomic E-state index is 0.126. The Labute approximate surface area is 204 Å². The molecule has 2 aromatic carbocycles. The fraction of sp³-hybridized carbons (Fsp3) is 0.296. The van der Waals surface area contributed by atoms with Gasteiger partial charge < -0.3 is 24.8 Å². The maximum atomic E-state index is 12.7. The van der Waals surface area contributed by atoms with Crippen LogP contribution >= 0.6 is 0 Å². The molecule has 1 fully saturated rings. The van der Waals surface area contributed by atoms with Crippen molar-refractivity contribution < 1.29 is 9.53 Å². The number of para-hydroxylation sites is 1. The second kappa shape index (κ2) is 9.76. The molecule has 0 spiro atoms. The number of aromatic nitrogens is 3. The first-order valence-electron chi connectivity index (χ1n) is 11.9. The maximum Gasteiger partial charge on any atom is 0.236 e. The zero-order valence-corrected chi connectivity index (χ0v) is 20.1. The number of hydrogen-bond donors (Lipinski definition) is 1. The first-order chi connectivity index (χ1) is 17.0. The molecule has 2 aromatic heterocycles. The largest absolute Gasteiger partial charge is 0.457 e. The van der Waals surface area contributed by atoms with Crippen LogP contribution in [0, 0.1) is 0 Å². The van der Waals surface area contributed by atoms with E-state index in [-0.39, 0.29) is 11.9 Å². The lowest BCUT2D eigenvalue weighted by Gasteiger charge is -2.34. The van der Waals surface area contributed by atoms with Crippen LogP contribution in [0.2, 0.25) is 0 Å². The number of rotatable bonds is 6. The lowest BCUT2D eigenvalue weighted by Crippen LogP contribution is -2.44. The predicted molar refractivity (Wildman–Crippen MR) is 137 cm³/mol. The number of hydrogen-bond acceptors (Lipinski definition) is 6. The van der Waals surface area contributed by atoms with Gasteiger partial charge in [-0.05, 0) is 56.8 Å². The normalized spacial score (nSPS) is 16.1. The molecule has 8 nitrogen and oxygen atoms in total. The fourth-order valence-corrected chi connectivity index (χ4v) is 4.71. The Kier molecular flexibility index (Phi) is 6.37. The van der Waals surface area contributed by atoms with Gasteiger partial charge in [0.25, 0.3) is 0 Å². The van der Waals surface area contributed by atoms with Gasteiger partial charge in [-0.3, -0.25) is 4.79 Å². The number of nitrogens with two attached hydrogens (primary N) is 1. The summed E-state index contributed by atoms with van der Waals surface area (Å²) in [6.45, 7) is 1.86. The molecule has 0 radical (unpaired) electrons. The fourth-order valence-electron chi connectivity index (χ4n) is 4.71. The van der Waals surface area contributed by atoms with Gasteiger partial charge in [0.2, 0.25) is 5.91 Å². The molecule has 1 atom stereocenters. The standard InChI is InChI=1S/C27H30N6O2/c1-31(2)17-24(34)32-14-6-7-20(15-32)33-16-23(25-26(28)29-18-30-27(25)33)19-10-12-22(13-11-19)35-21-8-4-3-5-9-21/h3-5,8-13,16,18,20H,6-7,14-15,17H2,1-2H3,(H2,28,29,30)/t20-/m1/s1. The number of likely N-dealkylation sites (tertiary alicyclic amines) is 1. The van der Waals surface area contributed by atoms with Crippen LogP contribution < -0.4 is 10.5 Å². The van der Waals surface area contributed by atoms with Gasteiger partial charge in [-0.1, -0.05) is 30.3 Å². The van der Waals surface area contributed by atoms with Crippen molar-refractivity contribution in [2.45, 2.75) is 18.9 Å². The van der Waals surface area contributed by atoms with Crippen LogP contribution in [-0.4, -0.2) is 64.0 Å². The Morgan fingerprint density at radius 2 is 1.83 bits per heavy atom. The van der Waals surface area contributed by atoms with Gasteiger partial charge in [-0.15, -0.1) is 0 Å². The van der Waals surface area contributed by atoms with Crippen LogP contribution in [0.1, 0.15) is 18.9 Å². The molecular formula is C27H30N6O2. The van der Waals surface area contributed by atoms with Gasteiger partial charge in [0.1, 0.15) is 29.3 Å². The van der Waals surface area contributed by atoms with Crippen molar-refractivity contribution >= 4 is 22.8 Å². The predicted octanol–water partition coefficient (Wildman–Crippen LogP) is 4.20. The van der Waals surface area contributed by atoms with E-state index < -0.39 is 0 Å². The van der Waals surface area contributed by atoms with Crippen molar-refractivity contribution in [1.29, 1.82) is 0 Å². The Balaban J connectivity index is 1.46. The molecule has 2 N–H and O–H groups in total. The number of fused-ring (bicyclic) bond motifs is 1. The first-order valence-corrected chi connectivity index (χ1v) is 11.9. The number of nitrogen functional groups attached to an aromatic ring is 1. The lowest BCUT2D eigenvalue weighted by molar-refractivity contribution is -0.133. The molecule has 0 saturated carbocycles. The van der Waals surface area contributed by atoms with Crippen LogP contribution in [0.4, 0.5) is 5.82 Å². The number of carbonyl (C=O) groups excluding carboxylic acids is 1. The summed E-state index contributed by atoms with van der Waals surface area (Å²) < 4.78 is 8.12. The molecule has 8 heteroatoms. The second-order valence-corrected chi connectivity index (χ2v) is 9.22. The van der Waals surface area contributed by atoms with E-state index >= 15 is 0 Å². The monoisotopic (exact) mass is 470 g/mol. The van der Waals surface area contributed by atoms with Crippen LogP contribution in [0.5, 0.6) is 11.5 Å². The SMILES string of the molecule is CN(C)CC(=O)N1CCC[C@@H](n2cc(-c3ccc(Oc4ccccc4)cc3)c3c(N)ncnc32)C1. The van der Waals surface area contributed by atoms with Crippen LogP contribution in [-0.2, 0) is 4.79 Å². The van der Waals surface area contributed by atoms with E-state index in [9.17, 15) is 4.79 Å². The van der Waals surface area contributed by atoms with Crippen molar-refractivity contribution in [1.82, 2.24) is 24.3 Å². The number of benzene rings is 2. The Morgan fingerprint density at radius 1 is 1.09 bits per heavy atom. The topological polar surface area (TPSA) is 89.5 Å². The summed E-state index contributed by atoms with van der Waals surface area (Å²) in [5, 5.41) is 0.834.